The fraction of sp³-hybridized carbons (Fsp3) is 0.176. The number of nitrogens with two attached hydrogens (primary N) is 1. The summed E-state index contributed by atoms with van der Waals surface area (Å²) in [4.78, 5) is 20.0. The minimum atomic E-state index is -3.34. The molecular weight excluding hydrogens is 382 g/mol. The highest BCUT2D eigenvalue weighted by molar-refractivity contribution is 7.93. The van der Waals surface area contributed by atoms with E-state index in [-0.39, 0.29) is 10.8 Å². The van der Waals surface area contributed by atoms with Crippen LogP contribution in [-0.4, -0.2) is 39.7 Å². The van der Waals surface area contributed by atoms with E-state index < -0.39 is 15.9 Å². The number of H-pyrrole nitrogens is 1. The number of carbonyl (C=O) groups excluding carboxylic acids is 1. The van der Waals surface area contributed by atoms with Crippen molar-refractivity contribution in [2.45, 2.75) is 18.1 Å². The molecule has 0 aliphatic heterocycles. The Bertz CT molecular complexity index is 1110. The molecule has 1 aliphatic carbocycles. The summed E-state index contributed by atoms with van der Waals surface area (Å²) in [6.07, 6.45) is 5.89. The number of amides is 1. The molecule has 1 aromatic carbocycles. The standard InChI is InChI=1S/C17H17N7O3S/c18-16(25)14-15(22-23-17(14)21-13-9-19-7-8-20-13)10-1-3-11(4-2-10)24-28(26,27)12-5-6-12/h1-4,7-9,12,24H,5-6H2,(H2,18,25)(H2,20,21,22,23). The summed E-state index contributed by atoms with van der Waals surface area (Å²) in [6, 6.07) is 6.56. The van der Waals surface area contributed by atoms with Gasteiger partial charge in [-0.15, -0.1) is 0 Å². The van der Waals surface area contributed by atoms with E-state index in [1.807, 2.05) is 0 Å². The largest absolute Gasteiger partial charge is 0.365 e. The average molecular weight is 399 g/mol. The number of hydrogen-bond acceptors (Lipinski definition) is 7. The highest BCUT2D eigenvalue weighted by Crippen LogP contribution is 2.31. The molecular formula is C17H17N7O3S. The van der Waals surface area contributed by atoms with Crippen LogP contribution in [0.5, 0.6) is 0 Å². The highest BCUT2D eigenvalue weighted by atomic mass is 32.2. The van der Waals surface area contributed by atoms with Crippen molar-refractivity contribution in [3.05, 3.63) is 48.4 Å². The molecule has 2 aromatic heterocycles. The van der Waals surface area contributed by atoms with Gasteiger partial charge in [-0.3, -0.25) is 19.6 Å². The van der Waals surface area contributed by atoms with Gasteiger partial charge in [0.05, 0.1) is 11.4 Å². The Hall–Kier alpha value is -3.47. The lowest BCUT2D eigenvalue weighted by atomic mass is 10.1. The van der Waals surface area contributed by atoms with Crippen LogP contribution < -0.4 is 15.8 Å². The normalized spacial score (nSPS) is 13.9. The second-order valence-corrected chi connectivity index (χ2v) is 8.29. The predicted octanol–water partition coefficient (Wildman–Crippen LogP) is 1.61. The van der Waals surface area contributed by atoms with E-state index in [4.69, 9.17) is 5.73 Å². The second kappa shape index (κ2) is 6.93. The van der Waals surface area contributed by atoms with Gasteiger partial charge in [-0.1, -0.05) is 12.1 Å². The van der Waals surface area contributed by atoms with E-state index in [1.54, 1.807) is 24.3 Å². The van der Waals surface area contributed by atoms with Crippen LogP contribution in [0.15, 0.2) is 42.9 Å². The third-order valence-electron chi connectivity index (χ3n) is 4.21. The van der Waals surface area contributed by atoms with E-state index in [9.17, 15) is 13.2 Å². The Morgan fingerprint density at radius 2 is 1.93 bits per heavy atom. The van der Waals surface area contributed by atoms with Gasteiger partial charge in [0.1, 0.15) is 22.9 Å². The number of primary amides is 1. The molecule has 1 saturated carbocycles. The first-order valence-corrected chi connectivity index (χ1v) is 10.0. The first-order chi connectivity index (χ1) is 13.4. The molecule has 0 saturated heterocycles. The van der Waals surface area contributed by atoms with Crippen LogP contribution in [0.1, 0.15) is 23.2 Å². The maximum Gasteiger partial charge on any atom is 0.254 e. The zero-order valence-electron chi connectivity index (χ0n) is 14.6. The second-order valence-electron chi connectivity index (χ2n) is 6.33. The van der Waals surface area contributed by atoms with Gasteiger partial charge in [-0.05, 0) is 25.0 Å². The monoisotopic (exact) mass is 399 g/mol. The van der Waals surface area contributed by atoms with Gasteiger partial charge in [0, 0.05) is 23.6 Å². The molecule has 1 amide bonds. The zero-order chi connectivity index (χ0) is 19.7. The quantitative estimate of drug-likeness (QED) is 0.470. The molecule has 5 N–H and O–H groups in total. The van der Waals surface area contributed by atoms with Crippen molar-refractivity contribution >= 4 is 33.3 Å². The number of nitrogens with one attached hydrogen (secondary N) is 3. The van der Waals surface area contributed by atoms with Gasteiger partial charge >= 0.3 is 0 Å². The lowest BCUT2D eigenvalue weighted by molar-refractivity contribution is 0.100. The van der Waals surface area contributed by atoms with Crippen molar-refractivity contribution in [3.8, 4) is 11.3 Å². The molecule has 10 nitrogen and oxygen atoms in total. The number of nitrogens with zero attached hydrogens (tertiary/aromatic N) is 3. The van der Waals surface area contributed by atoms with Crippen LogP contribution in [0.25, 0.3) is 11.3 Å². The number of benzene rings is 1. The fourth-order valence-corrected chi connectivity index (χ4v) is 4.08. The zero-order valence-corrected chi connectivity index (χ0v) is 15.4. The molecule has 0 radical (unpaired) electrons. The number of carbonyl (C=O) groups is 1. The number of aromatic nitrogens is 4. The minimum absolute atomic E-state index is 0.164. The Morgan fingerprint density at radius 1 is 1.18 bits per heavy atom. The van der Waals surface area contributed by atoms with Crippen molar-refractivity contribution < 1.29 is 13.2 Å². The third kappa shape index (κ3) is 3.64. The summed E-state index contributed by atoms with van der Waals surface area (Å²) in [7, 11) is -3.34. The van der Waals surface area contributed by atoms with Crippen LogP contribution in [0.4, 0.5) is 17.3 Å². The van der Waals surface area contributed by atoms with E-state index in [0.29, 0.717) is 41.4 Å². The molecule has 11 heteroatoms. The Labute approximate surface area is 160 Å². The van der Waals surface area contributed by atoms with Crippen LogP contribution in [0, 0.1) is 0 Å². The van der Waals surface area contributed by atoms with Gasteiger partial charge in [-0.2, -0.15) is 5.10 Å². The number of sulfonamides is 1. The molecule has 0 unspecified atom stereocenters. The Morgan fingerprint density at radius 3 is 2.54 bits per heavy atom. The molecule has 1 aliphatic rings. The van der Waals surface area contributed by atoms with Crippen LogP contribution in [0.3, 0.4) is 0 Å². The maximum absolute atomic E-state index is 12.0. The summed E-state index contributed by atoms with van der Waals surface area (Å²) in [6.45, 7) is 0. The molecule has 0 spiro atoms. The van der Waals surface area contributed by atoms with Gasteiger partial charge < -0.3 is 11.1 Å². The van der Waals surface area contributed by atoms with E-state index in [1.165, 1.54) is 18.6 Å². The van der Waals surface area contributed by atoms with Crippen molar-refractivity contribution in [3.63, 3.8) is 0 Å². The summed E-state index contributed by atoms with van der Waals surface area (Å²) in [5.74, 6) is 0.0418. The van der Waals surface area contributed by atoms with Gasteiger partial charge in [0.15, 0.2) is 0 Å². The SMILES string of the molecule is NC(=O)c1c(-c2ccc(NS(=O)(=O)C3CC3)cc2)n[nH]c1Nc1cnccn1. The van der Waals surface area contributed by atoms with Gasteiger partial charge in [0.2, 0.25) is 10.0 Å². The highest BCUT2D eigenvalue weighted by Gasteiger charge is 2.35. The lowest BCUT2D eigenvalue weighted by Crippen LogP contribution is -2.17. The van der Waals surface area contributed by atoms with Crippen molar-refractivity contribution in [1.29, 1.82) is 0 Å². The number of hydrogen-bond donors (Lipinski definition) is 4. The number of anilines is 3. The fourth-order valence-electron chi connectivity index (χ4n) is 2.70. The van der Waals surface area contributed by atoms with E-state index in [0.717, 1.165) is 0 Å². The molecule has 0 atom stereocenters. The Kier molecular flexibility index (Phi) is 4.43. The maximum atomic E-state index is 12.0. The molecule has 2 heterocycles. The molecule has 4 rings (SSSR count). The lowest BCUT2D eigenvalue weighted by Gasteiger charge is -2.08. The van der Waals surface area contributed by atoms with Gasteiger partial charge in [0.25, 0.3) is 5.91 Å². The molecule has 28 heavy (non-hydrogen) atoms. The molecule has 3 aromatic rings. The smallest absolute Gasteiger partial charge is 0.254 e. The minimum Gasteiger partial charge on any atom is -0.365 e. The van der Waals surface area contributed by atoms with Crippen LogP contribution >= 0.6 is 0 Å². The van der Waals surface area contributed by atoms with Crippen molar-refractivity contribution in [2.24, 2.45) is 5.73 Å². The van der Waals surface area contributed by atoms with E-state index >= 15 is 0 Å². The van der Waals surface area contributed by atoms with Crippen LogP contribution in [0.2, 0.25) is 0 Å². The summed E-state index contributed by atoms with van der Waals surface area (Å²) >= 11 is 0. The first kappa shape index (κ1) is 17.9. The predicted molar refractivity (Wildman–Crippen MR) is 103 cm³/mol. The van der Waals surface area contributed by atoms with Crippen LogP contribution in [-0.2, 0) is 10.0 Å². The molecule has 144 valence electrons. The van der Waals surface area contributed by atoms with Crippen molar-refractivity contribution in [2.75, 3.05) is 10.0 Å². The summed E-state index contributed by atoms with van der Waals surface area (Å²) in [5, 5.41) is 9.52. The average Bonchev–Trinajstić information content (AvgIpc) is 3.45. The van der Waals surface area contributed by atoms with Crippen molar-refractivity contribution in [1.82, 2.24) is 20.2 Å². The summed E-state index contributed by atoms with van der Waals surface area (Å²) < 4.78 is 26.6. The summed E-state index contributed by atoms with van der Waals surface area (Å²) in [5.41, 5.74) is 7.10. The van der Waals surface area contributed by atoms with Gasteiger partial charge in [-0.25, -0.2) is 13.4 Å². The number of rotatable bonds is 7. The first-order valence-electron chi connectivity index (χ1n) is 8.47. The Balaban J connectivity index is 1.61. The molecule has 1 fully saturated rings. The van der Waals surface area contributed by atoms with E-state index in [2.05, 4.69) is 30.2 Å². The topological polar surface area (TPSA) is 156 Å². The molecule has 0 bridgehead atoms. The number of aromatic amines is 1. The third-order valence-corrected chi connectivity index (χ3v) is 6.08.